The van der Waals surface area contributed by atoms with Gasteiger partial charge < -0.3 is 4.74 Å². The van der Waals surface area contributed by atoms with Crippen molar-refractivity contribution < 1.29 is 14.3 Å². The van der Waals surface area contributed by atoms with Gasteiger partial charge in [-0.1, -0.05) is 195 Å². The first-order valence-electron chi connectivity index (χ1n) is 19.6. The van der Waals surface area contributed by atoms with Crippen LogP contribution in [0.5, 0.6) is 0 Å². The third kappa shape index (κ3) is 30.9. The van der Waals surface area contributed by atoms with Gasteiger partial charge in [0.25, 0.3) is 0 Å². The van der Waals surface area contributed by atoms with Crippen LogP contribution in [0.1, 0.15) is 221 Å². The van der Waals surface area contributed by atoms with Crippen LogP contribution in [0.2, 0.25) is 0 Å². The fourth-order valence-electron chi connectivity index (χ4n) is 6.14. The predicted molar refractivity (Wildman–Crippen MR) is 189 cm³/mol. The van der Waals surface area contributed by atoms with E-state index >= 15 is 0 Å². The first-order valence-corrected chi connectivity index (χ1v) is 19.6. The lowest BCUT2D eigenvalue weighted by atomic mass is 9.92. The van der Waals surface area contributed by atoms with Gasteiger partial charge in [0.2, 0.25) is 0 Å². The van der Waals surface area contributed by atoms with Crippen molar-refractivity contribution in [1.82, 2.24) is 0 Å². The average molecular weight is 607 g/mol. The molecular formula is C40H78O3. The topological polar surface area (TPSA) is 43.4 Å². The number of unbranched alkanes of at least 4 members (excludes halogenated alkanes) is 22. The maximum atomic E-state index is 13.1. The second-order valence-corrected chi connectivity index (χ2v) is 14.6. The second-order valence-electron chi connectivity index (χ2n) is 14.6. The Labute approximate surface area is 270 Å². The van der Waals surface area contributed by atoms with Gasteiger partial charge in [-0.2, -0.15) is 0 Å². The van der Waals surface area contributed by atoms with Crippen molar-refractivity contribution >= 4 is 11.8 Å². The van der Waals surface area contributed by atoms with Crippen LogP contribution in [0.25, 0.3) is 0 Å². The van der Waals surface area contributed by atoms with Crippen LogP contribution in [0.3, 0.4) is 0 Å². The third-order valence-electron chi connectivity index (χ3n) is 9.14. The molecule has 256 valence electrons. The van der Waals surface area contributed by atoms with Crippen molar-refractivity contribution in [2.75, 3.05) is 6.61 Å². The van der Waals surface area contributed by atoms with E-state index in [2.05, 4.69) is 34.6 Å². The van der Waals surface area contributed by atoms with Crippen molar-refractivity contribution in [3.63, 3.8) is 0 Å². The summed E-state index contributed by atoms with van der Waals surface area (Å²) in [5, 5.41) is 0. The van der Waals surface area contributed by atoms with Crippen LogP contribution in [0.15, 0.2) is 0 Å². The molecule has 0 amide bonds. The highest BCUT2D eigenvalue weighted by Crippen LogP contribution is 2.20. The van der Waals surface area contributed by atoms with Gasteiger partial charge in [0.05, 0.1) is 6.61 Å². The van der Waals surface area contributed by atoms with Gasteiger partial charge in [0, 0.05) is 6.42 Å². The maximum absolute atomic E-state index is 13.1. The monoisotopic (exact) mass is 607 g/mol. The molecule has 0 radical (unpaired) electrons. The molecule has 0 aliphatic carbocycles. The van der Waals surface area contributed by atoms with E-state index < -0.39 is 5.92 Å². The quantitative estimate of drug-likeness (QED) is 0.0416. The highest BCUT2D eigenvalue weighted by atomic mass is 16.5. The summed E-state index contributed by atoms with van der Waals surface area (Å²) >= 11 is 0. The Morgan fingerprint density at radius 2 is 0.791 bits per heavy atom. The van der Waals surface area contributed by atoms with Crippen molar-refractivity contribution in [2.45, 2.75) is 221 Å². The normalized spacial score (nSPS) is 12.3. The predicted octanol–water partition coefficient (Wildman–Crippen LogP) is 13.4. The maximum Gasteiger partial charge on any atom is 0.316 e. The number of carbonyl (C=O) groups excluding carboxylic acids is 2. The minimum Gasteiger partial charge on any atom is -0.465 e. The lowest BCUT2D eigenvalue weighted by Crippen LogP contribution is -2.26. The second kappa shape index (κ2) is 32.5. The lowest BCUT2D eigenvalue weighted by Gasteiger charge is -2.16. The number of ketones is 1. The SMILES string of the molecule is CCCCCCCCCCCCCCCCCC(=O)C(CCCCC(C)C)C(=O)OCCCCCCCCCCC(C)C. The highest BCUT2D eigenvalue weighted by molar-refractivity contribution is 5.98. The zero-order valence-electron chi connectivity index (χ0n) is 30.2. The molecule has 3 heteroatoms. The van der Waals surface area contributed by atoms with Crippen LogP contribution in [-0.2, 0) is 14.3 Å². The molecule has 0 bridgehead atoms. The van der Waals surface area contributed by atoms with Crippen molar-refractivity contribution in [3.8, 4) is 0 Å². The van der Waals surface area contributed by atoms with Crippen LogP contribution in [-0.4, -0.2) is 18.4 Å². The zero-order chi connectivity index (χ0) is 31.8. The molecule has 0 aliphatic rings. The van der Waals surface area contributed by atoms with E-state index in [1.54, 1.807) is 0 Å². The minimum atomic E-state index is -0.537. The number of Topliss-reactive ketones (excluding diaryl/α,β-unsaturated/α-hetero) is 1. The smallest absolute Gasteiger partial charge is 0.316 e. The van der Waals surface area contributed by atoms with Gasteiger partial charge in [-0.3, -0.25) is 9.59 Å². The summed E-state index contributed by atoms with van der Waals surface area (Å²) in [5.41, 5.74) is 0. The summed E-state index contributed by atoms with van der Waals surface area (Å²) < 4.78 is 5.65. The molecule has 0 aromatic heterocycles. The molecule has 0 spiro atoms. The van der Waals surface area contributed by atoms with Crippen molar-refractivity contribution in [3.05, 3.63) is 0 Å². The lowest BCUT2D eigenvalue weighted by molar-refractivity contribution is -0.152. The van der Waals surface area contributed by atoms with Gasteiger partial charge in [0.1, 0.15) is 11.7 Å². The van der Waals surface area contributed by atoms with E-state index in [0.29, 0.717) is 25.4 Å². The summed E-state index contributed by atoms with van der Waals surface area (Å²) in [4.78, 5) is 26.0. The Bertz CT molecular complexity index is 597. The molecule has 3 nitrogen and oxygen atoms in total. The highest BCUT2D eigenvalue weighted by Gasteiger charge is 2.27. The standard InChI is InChI=1S/C40H78O3/c1-6-7-8-9-10-11-12-13-14-15-16-17-21-24-27-34-39(41)38(33-29-28-32-37(4)5)40(42)43-35-30-25-22-19-18-20-23-26-31-36(2)3/h36-38H,6-35H2,1-5H3. The summed E-state index contributed by atoms with van der Waals surface area (Å²) in [5.74, 6) is 0.833. The number of rotatable bonds is 34. The van der Waals surface area contributed by atoms with Gasteiger partial charge in [0.15, 0.2) is 0 Å². The first kappa shape index (κ1) is 42.1. The molecular weight excluding hydrogens is 528 g/mol. The largest absolute Gasteiger partial charge is 0.465 e. The fraction of sp³-hybridized carbons (Fsp3) is 0.950. The Morgan fingerprint density at radius 1 is 0.442 bits per heavy atom. The first-order chi connectivity index (χ1) is 20.9. The molecule has 1 unspecified atom stereocenters. The molecule has 0 saturated carbocycles. The van der Waals surface area contributed by atoms with Gasteiger partial charge in [-0.25, -0.2) is 0 Å². The van der Waals surface area contributed by atoms with Crippen molar-refractivity contribution in [1.29, 1.82) is 0 Å². The van der Waals surface area contributed by atoms with Crippen LogP contribution in [0, 0.1) is 17.8 Å². The Hall–Kier alpha value is -0.860. The van der Waals surface area contributed by atoms with Gasteiger partial charge in [-0.15, -0.1) is 0 Å². The number of ether oxygens (including phenoxy) is 1. The zero-order valence-corrected chi connectivity index (χ0v) is 30.2. The van der Waals surface area contributed by atoms with E-state index in [9.17, 15) is 9.59 Å². The van der Waals surface area contributed by atoms with Crippen LogP contribution in [0.4, 0.5) is 0 Å². The molecule has 0 aromatic rings. The molecule has 0 saturated heterocycles. The molecule has 0 N–H and O–H groups in total. The molecule has 0 heterocycles. The summed E-state index contributed by atoms with van der Waals surface area (Å²) in [6.07, 6.45) is 35.5. The summed E-state index contributed by atoms with van der Waals surface area (Å²) in [6.45, 7) is 11.8. The molecule has 0 aromatic carbocycles. The Kier molecular flexibility index (Phi) is 31.9. The van der Waals surface area contributed by atoms with E-state index in [4.69, 9.17) is 4.74 Å². The van der Waals surface area contributed by atoms with E-state index in [0.717, 1.165) is 50.9 Å². The number of hydrogen-bond donors (Lipinski definition) is 0. The number of hydrogen-bond acceptors (Lipinski definition) is 3. The molecule has 43 heavy (non-hydrogen) atoms. The minimum absolute atomic E-state index is 0.127. The number of esters is 1. The van der Waals surface area contributed by atoms with Crippen LogP contribution >= 0.6 is 0 Å². The number of carbonyl (C=O) groups is 2. The third-order valence-corrected chi connectivity index (χ3v) is 9.14. The van der Waals surface area contributed by atoms with Gasteiger partial charge in [-0.05, 0) is 31.1 Å². The Balaban J connectivity index is 4.02. The van der Waals surface area contributed by atoms with Crippen LogP contribution < -0.4 is 0 Å². The van der Waals surface area contributed by atoms with E-state index in [-0.39, 0.29) is 11.8 Å². The molecule has 1 atom stereocenters. The molecule has 0 rings (SSSR count). The average Bonchev–Trinajstić information content (AvgIpc) is 2.97. The van der Waals surface area contributed by atoms with E-state index in [1.165, 1.54) is 128 Å². The molecule has 0 fully saturated rings. The molecule has 0 aliphatic heterocycles. The Morgan fingerprint density at radius 3 is 1.23 bits per heavy atom. The summed E-state index contributed by atoms with van der Waals surface area (Å²) in [6, 6.07) is 0. The van der Waals surface area contributed by atoms with Gasteiger partial charge >= 0.3 is 5.97 Å². The van der Waals surface area contributed by atoms with E-state index in [1.807, 2.05) is 0 Å². The summed E-state index contributed by atoms with van der Waals surface area (Å²) in [7, 11) is 0. The van der Waals surface area contributed by atoms with Crippen molar-refractivity contribution in [2.24, 2.45) is 17.8 Å². The fourth-order valence-corrected chi connectivity index (χ4v) is 6.14.